The second-order valence-electron chi connectivity index (χ2n) is 7.34. The number of methoxy groups -OCH3 is 1. The van der Waals surface area contributed by atoms with Crippen LogP contribution in [0.5, 0.6) is 5.75 Å². The quantitative estimate of drug-likeness (QED) is 0.497. The number of ether oxygens (including phenoxy) is 1. The highest BCUT2D eigenvalue weighted by Gasteiger charge is 2.29. The Morgan fingerprint density at radius 3 is 2.63 bits per heavy atom. The molecule has 1 aromatic carbocycles. The van der Waals surface area contributed by atoms with Crippen molar-refractivity contribution in [2.45, 2.75) is 25.3 Å². The van der Waals surface area contributed by atoms with E-state index in [0.717, 1.165) is 17.9 Å². The van der Waals surface area contributed by atoms with Gasteiger partial charge >= 0.3 is 0 Å². The van der Waals surface area contributed by atoms with Crippen LogP contribution in [0.2, 0.25) is 0 Å². The number of nitrogens with one attached hydrogen (secondary N) is 1. The number of nitrogens with zero attached hydrogens (tertiary/aromatic N) is 5. The molecule has 0 amide bonds. The number of pyridine rings is 1. The Bertz CT molecular complexity index is 1140. The van der Waals surface area contributed by atoms with E-state index in [1.54, 1.807) is 25.7 Å². The average Bonchev–Trinajstić information content (AvgIpc) is 3.55. The standard InChI is InChI=1S/C23H22N6O/c1-30-21-14-25-22(27-23(21)26-18-9-11-24-12-10-18)19-13-20(17-7-8-17)29(28-19)15-16-5-3-2-4-6-16/h2-6,9-14,17H,7-8,15H2,1H3,(H,24,25,26,27). The van der Waals surface area contributed by atoms with Crippen molar-refractivity contribution in [1.82, 2.24) is 24.7 Å². The van der Waals surface area contributed by atoms with Crippen LogP contribution in [0.1, 0.15) is 30.0 Å². The molecule has 1 saturated carbocycles. The van der Waals surface area contributed by atoms with Gasteiger partial charge in [-0.3, -0.25) is 9.67 Å². The van der Waals surface area contributed by atoms with E-state index >= 15 is 0 Å². The molecular formula is C23H22N6O. The van der Waals surface area contributed by atoms with Crippen LogP contribution in [0.3, 0.4) is 0 Å². The summed E-state index contributed by atoms with van der Waals surface area (Å²) in [5.74, 6) is 2.31. The van der Waals surface area contributed by atoms with Gasteiger partial charge in [-0.05, 0) is 36.6 Å². The predicted molar refractivity (Wildman–Crippen MR) is 115 cm³/mol. The summed E-state index contributed by atoms with van der Waals surface area (Å²) in [6.45, 7) is 0.741. The summed E-state index contributed by atoms with van der Waals surface area (Å²) in [6.07, 6.45) is 7.55. The van der Waals surface area contributed by atoms with Crippen molar-refractivity contribution in [1.29, 1.82) is 0 Å². The van der Waals surface area contributed by atoms with Crippen LogP contribution in [0, 0.1) is 0 Å². The normalized spacial score (nSPS) is 13.2. The number of hydrogen-bond acceptors (Lipinski definition) is 6. The number of hydrogen-bond donors (Lipinski definition) is 1. The van der Waals surface area contributed by atoms with Crippen molar-refractivity contribution in [3.05, 3.63) is 78.4 Å². The minimum atomic E-state index is 0.570. The lowest BCUT2D eigenvalue weighted by atomic mass is 10.2. The molecule has 1 aliphatic carbocycles. The summed E-state index contributed by atoms with van der Waals surface area (Å²) in [7, 11) is 1.61. The van der Waals surface area contributed by atoms with E-state index in [1.165, 1.54) is 24.1 Å². The first-order valence-corrected chi connectivity index (χ1v) is 10.0. The summed E-state index contributed by atoms with van der Waals surface area (Å²) in [4.78, 5) is 13.3. The van der Waals surface area contributed by atoms with Gasteiger partial charge in [-0.1, -0.05) is 30.3 Å². The van der Waals surface area contributed by atoms with Gasteiger partial charge in [0.15, 0.2) is 17.4 Å². The van der Waals surface area contributed by atoms with Gasteiger partial charge in [-0.2, -0.15) is 5.10 Å². The van der Waals surface area contributed by atoms with Crippen LogP contribution in [0.4, 0.5) is 11.5 Å². The third-order valence-corrected chi connectivity index (χ3v) is 5.13. The first-order valence-electron chi connectivity index (χ1n) is 10.0. The fourth-order valence-corrected chi connectivity index (χ4v) is 3.44. The van der Waals surface area contributed by atoms with Crippen LogP contribution in [-0.4, -0.2) is 31.8 Å². The first-order chi connectivity index (χ1) is 14.8. The van der Waals surface area contributed by atoms with Gasteiger partial charge in [-0.15, -0.1) is 0 Å². The molecule has 3 heterocycles. The van der Waals surface area contributed by atoms with E-state index in [2.05, 4.69) is 50.3 Å². The molecule has 0 unspecified atom stereocenters. The van der Waals surface area contributed by atoms with Crippen molar-refractivity contribution in [2.75, 3.05) is 12.4 Å². The molecule has 7 heteroatoms. The third kappa shape index (κ3) is 3.87. The first kappa shape index (κ1) is 18.3. The van der Waals surface area contributed by atoms with Crippen molar-refractivity contribution < 1.29 is 4.74 Å². The predicted octanol–water partition coefficient (Wildman–Crippen LogP) is 4.41. The van der Waals surface area contributed by atoms with E-state index in [-0.39, 0.29) is 0 Å². The SMILES string of the molecule is COc1cnc(-c2cc(C3CC3)n(Cc3ccccc3)n2)nc1Nc1ccncc1. The van der Waals surface area contributed by atoms with Crippen LogP contribution in [0.15, 0.2) is 67.1 Å². The lowest BCUT2D eigenvalue weighted by Crippen LogP contribution is -2.06. The van der Waals surface area contributed by atoms with Crippen molar-refractivity contribution in [3.63, 3.8) is 0 Å². The number of benzene rings is 1. The lowest BCUT2D eigenvalue weighted by Gasteiger charge is -2.10. The van der Waals surface area contributed by atoms with Crippen LogP contribution < -0.4 is 10.1 Å². The van der Waals surface area contributed by atoms with Gasteiger partial charge in [0.1, 0.15) is 5.69 Å². The van der Waals surface area contributed by atoms with Gasteiger partial charge in [0.25, 0.3) is 0 Å². The molecule has 1 N–H and O–H groups in total. The summed E-state index contributed by atoms with van der Waals surface area (Å²) in [5.41, 5.74) is 4.12. The molecule has 0 saturated heterocycles. The molecular weight excluding hydrogens is 376 g/mol. The Morgan fingerprint density at radius 2 is 1.90 bits per heavy atom. The Kier molecular flexibility index (Phi) is 4.85. The minimum absolute atomic E-state index is 0.570. The molecule has 0 aliphatic heterocycles. The second-order valence-corrected chi connectivity index (χ2v) is 7.34. The highest BCUT2D eigenvalue weighted by Crippen LogP contribution is 2.41. The van der Waals surface area contributed by atoms with E-state index in [9.17, 15) is 0 Å². The van der Waals surface area contributed by atoms with E-state index in [4.69, 9.17) is 14.8 Å². The van der Waals surface area contributed by atoms with E-state index < -0.39 is 0 Å². The third-order valence-electron chi connectivity index (χ3n) is 5.13. The van der Waals surface area contributed by atoms with Gasteiger partial charge < -0.3 is 10.1 Å². The zero-order valence-electron chi connectivity index (χ0n) is 16.7. The summed E-state index contributed by atoms with van der Waals surface area (Å²) in [6, 6.07) is 16.3. The minimum Gasteiger partial charge on any atom is -0.491 e. The Labute approximate surface area is 174 Å². The van der Waals surface area contributed by atoms with Gasteiger partial charge in [0.05, 0.1) is 19.9 Å². The maximum Gasteiger partial charge on any atom is 0.182 e. The highest BCUT2D eigenvalue weighted by molar-refractivity contribution is 5.64. The van der Waals surface area contributed by atoms with Gasteiger partial charge in [0, 0.05) is 29.7 Å². The average molecular weight is 398 g/mol. The number of rotatable bonds is 7. The maximum atomic E-state index is 5.44. The molecule has 0 bridgehead atoms. The molecule has 5 rings (SSSR count). The molecule has 3 aromatic heterocycles. The smallest absolute Gasteiger partial charge is 0.182 e. The molecule has 1 aliphatic rings. The van der Waals surface area contributed by atoms with Crippen LogP contribution in [0.25, 0.3) is 11.5 Å². The lowest BCUT2D eigenvalue weighted by molar-refractivity contribution is 0.413. The van der Waals surface area contributed by atoms with Crippen LogP contribution in [-0.2, 0) is 6.54 Å². The monoisotopic (exact) mass is 398 g/mol. The Hall–Kier alpha value is -3.74. The summed E-state index contributed by atoms with van der Waals surface area (Å²) < 4.78 is 7.53. The summed E-state index contributed by atoms with van der Waals surface area (Å²) in [5, 5.41) is 8.13. The Morgan fingerprint density at radius 1 is 1.10 bits per heavy atom. The van der Waals surface area contributed by atoms with Crippen molar-refractivity contribution in [2.24, 2.45) is 0 Å². The van der Waals surface area contributed by atoms with Crippen LogP contribution >= 0.6 is 0 Å². The molecule has 150 valence electrons. The zero-order valence-corrected chi connectivity index (χ0v) is 16.7. The number of aromatic nitrogens is 5. The van der Waals surface area contributed by atoms with Gasteiger partial charge in [0.2, 0.25) is 0 Å². The van der Waals surface area contributed by atoms with Gasteiger partial charge in [-0.25, -0.2) is 9.97 Å². The highest BCUT2D eigenvalue weighted by atomic mass is 16.5. The second kappa shape index (κ2) is 7.94. The molecule has 7 nitrogen and oxygen atoms in total. The molecule has 1 fully saturated rings. The van der Waals surface area contributed by atoms with Crippen molar-refractivity contribution in [3.8, 4) is 17.3 Å². The number of anilines is 2. The van der Waals surface area contributed by atoms with Crippen molar-refractivity contribution >= 4 is 11.5 Å². The molecule has 30 heavy (non-hydrogen) atoms. The zero-order chi connectivity index (χ0) is 20.3. The topological polar surface area (TPSA) is 77.8 Å². The summed E-state index contributed by atoms with van der Waals surface area (Å²) >= 11 is 0. The fraction of sp³-hybridized carbons (Fsp3) is 0.217. The molecule has 4 aromatic rings. The van der Waals surface area contributed by atoms with E-state index in [1.807, 2.05) is 18.2 Å². The Balaban J connectivity index is 1.49. The molecule has 0 atom stereocenters. The fourth-order valence-electron chi connectivity index (χ4n) is 3.44. The van der Waals surface area contributed by atoms with E-state index in [0.29, 0.717) is 23.3 Å². The molecule has 0 spiro atoms. The largest absolute Gasteiger partial charge is 0.491 e. The molecule has 0 radical (unpaired) electrons. The maximum absolute atomic E-state index is 5.44.